The molecule has 2 aliphatic heterocycles. The summed E-state index contributed by atoms with van der Waals surface area (Å²) < 4.78 is 32.8. The molecule has 17 heavy (non-hydrogen) atoms. The summed E-state index contributed by atoms with van der Waals surface area (Å²) in [7, 11) is -1.50. The van der Waals surface area contributed by atoms with E-state index in [-0.39, 0.29) is 17.0 Å². The van der Waals surface area contributed by atoms with Crippen LogP contribution in [0.4, 0.5) is 0 Å². The molecule has 1 aromatic carbocycles. The number of fused-ring (bicyclic) bond motifs is 2. The monoisotopic (exact) mass is 254 g/mol. The lowest BCUT2D eigenvalue weighted by Crippen LogP contribution is -2.42. The van der Waals surface area contributed by atoms with E-state index in [9.17, 15) is 8.42 Å². The topological polar surface area (TPSA) is 58.6 Å². The Morgan fingerprint density at radius 2 is 2.12 bits per heavy atom. The van der Waals surface area contributed by atoms with Crippen molar-refractivity contribution in [3.63, 3.8) is 0 Å². The second-order valence-corrected chi connectivity index (χ2v) is 6.23. The lowest BCUT2D eigenvalue weighted by atomic mass is 10.2. The zero-order valence-electron chi connectivity index (χ0n) is 9.46. The van der Waals surface area contributed by atoms with Crippen LogP contribution in [0.25, 0.3) is 0 Å². The maximum Gasteiger partial charge on any atom is 0.244 e. The fourth-order valence-electron chi connectivity index (χ4n) is 2.39. The number of likely N-dealkylation sites (tertiary alicyclic amines) is 1. The summed E-state index contributed by atoms with van der Waals surface area (Å²) in [5.74, 6) is 0.447. The number of hydrogen-bond donors (Lipinski definition) is 1. The van der Waals surface area contributed by atoms with Gasteiger partial charge in [0.05, 0.1) is 6.04 Å². The second-order valence-electron chi connectivity index (χ2n) is 4.55. The van der Waals surface area contributed by atoms with Crippen LogP contribution in [-0.2, 0) is 10.0 Å². The molecule has 0 bridgehead atoms. The largest absolute Gasteiger partial charge is 0.486 e. The van der Waals surface area contributed by atoms with Gasteiger partial charge < -0.3 is 9.64 Å². The molecule has 1 saturated heterocycles. The molecule has 2 aliphatic rings. The van der Waals surface area contributed by atoms with Gasteiger partial charge in [0.25, 0.3) is 0 Å². The Morgan fingerprint density at radius 3 is 2.94 bits per heavy atom. The number of benzene rings is 1. The fraction of sp³-hybridized carbons (Fsp3) is 0.455. The molecule has 0 unspecified atom stereocenters. The van der Waals surface area contributed by atoms with Crippen molar-refractivity contribution in [3.8, 4) is 5.75 Å². The Kier molecular flexibility index (Phi) is 2.39. The summed E-state index contributed by atoms with van der Waals surface area (Å²) in [4.78, 5) is 2.29. The van der Waals surface area contributed by atoms with Crippen LogP contribution in [0.15, 0.2) is 29.2 Å². The van der Waals surface area contributed by atoms with E-state index in [0.29, 0.717) is 12.3 Å². The van der Waals surface area contributed by atoms with E-state index in [2.05, 4.69) is 9.62 Å². The van der Waals surface area contributed by atoms with Crippen molar-refractivity contribution in [1.29, 1.82) is 0 Å². The van der Waals surface area contributed by atoms with Crippen molar-refractivity contribution in [2.45, 2.75) is 17.0 Å². The molecule has 0 aliphatic carbocycles. The highest BCUT2D eigenvalue weighted by atomic mass is 32.2. The van der Waals surface area contributed by atoms with Crippen molar-refractivity contribution in [2.24, 2.45) is 0 Å². The molecule has 0 aromatic heterocycles. The first-order valence-electron chi connectivity index (χ1n) is 5.53. The summed E-state index contributed by atoms with van der Waals surface area (Å²) in [6.07, 6.45) is -0.113. The van der Waals surface area contributed by atoms with Crippen molar-refractivity contribution in [3.05, 3.63) is 24.3 Å². The minimum Gasteiger partial charge on any atom is -0.486 e. The first kappa shape index (κ1) is 11.0. The Bertz CT molecular complexity index is 543. The molecule has 1 N–H and O–H groups in total. The third-order valence-corrected chi connectivity index (χ3v) is 4.70. The van der Waals surface area contributed by atoms with E-state index in [1.807, 2.05) is 7.05 Å². The van der Waals surface area contributed by atoms with Crippen LogP contribution in [0, 0.1) is 0 Å². The van der Waals surface area contributed by atoms with Crippen LogP contribution in [0.1, 0.15) is 0 Å². The van der Waals surface area contributed by atoms with Gasteiger partial charge in [0.15, 0.2) is 0 Å². The zero-order valence-corrected chi connectivity index (χ0v) is 10.3. The Balaban J connectivity index is 2.08. The van der Waals surface area contributed by atoms with Crippen molar-refractivity contribution in [2.75, 3.05) is 20.1 Å². The van der Waals surface area contributed by atoms with E-state index < -0.39 is 10.0 Å². The number of hydrogen-bond acceptors (Lipinski definition) is 4. The van der Waals surface area contributed by atoms with Crippen LogP contribution >= 0.6 is 0 Å². The number of likely N-dealkylation sites (N-methyl/N-ethyl adjacent to an activating group) is 1. The summed E-state index contributed by atoms with van der Waals surface area (Å²) in [5.41, 5.74) is 0. The number of sulfonamides is 1. The van der Waals surface area contributed by atoms with E-state index in [1.54, 1.807) is 24.3 Å². The molecule has 0 spiro atoms. The molecule has 2 heterocycles. The van der Waals surface area contributed by atoms with Crippen molar-refractivity contribution in [1.82, 2.24) is 9.62 Å². The minimum atomic E-state index is -3.46. The predicted octanol–water partition coefficient (Wildman–Crippen LogP) is 0.0399. The maximum atomic E-state index is 12.1. The summed E-state index contributed by atoms with van der Waals surface area (Å²) in [6, 6.07) is 6.59. The summed E-state index contributed by atoms with van der Waals surface area (Å²) in [5, 5.41) is 0. The second kappa shape index (κ2) is 3.69. The molecular weight excluding hydrogens is 240 g/mol. The third kappa shape index (κ3) is 1.82. The zero-order chi connectivity index (χ0) is 12.0. The van der Waals surface area contributed by atoms with E-state index in [4.69, 9.17) is 4.74 Å². The maximum absolute atomic E-state index is 12.1. The Hall–Kier alpha value is -1.11. The van der Waals surface area contributed by atoms with Crippen LogP contribution in [-0.4, -0.2) is 45.6 Å². The molecule has 6 heteroatoms. The third-order valence-electron chi connectivity index (χ3n) is 3.17. The number of nitrogens with one attached hydrogen (secondary N) is 1. The average Bonchev–Trinajstić information content (AvgIpc) is 2.54. The number of rotatable bonds is 0. The molecule has 5 nitrogen and oxygen atoms in total. The minimum absolute atomic E-state index is 0.113. The normalized spacial score (nSPS) is 31.1. The van der Waals surface area contributed by atoms with Gasteiger partial charge in [0.1, 0.15) is 16.7 Å². The molecule has 0 saturated carbocycles. The average molecular weight is 254 g/mol. The van der Waals surface area contributed by atoms with Gasteiger partial charge in [-0.25, -0.2) is 13.1 Å². The van der Waals surface area contributed by atoms with Gasteiger partial charge in [0, 0.05) is 13.1 Å². The quantitative estimate of drug-likeness (QED) is 0.710. The van der Waals surface area contributed by atoms with Crippen LogP contribution in [0.5, 0.6) is 5.75 Å². The summed E-state index contributed by atoms with van der Waals surface area (Å²) >= 11 is 0. The van der Waals surface area contributed by atoms with Gasteiger partial charge in [-0.1, -0.05) is 12.1 Å². The number of para-hydroxylation sites is 1. The van der Waals surface area contributed by atoms with Gasteiger partial charge >= 0.3 is 0 Å². The molecule has 3 rings (SSSR count). The highest BCUT2D eigenvalue weighted by molar-refractivity contribution is 7.89. The smallest absolute Gasteiger partial charge is 0.244 e. The molecule has 0 amide bonds. The molecule has 1 aromatic rings. The first-order chi connectivity index (χ1) is 8.06. The molecular formula is C11H14N2O3S. The van der Waals surface area contributed by atoms with E-state index >= 15 is 0 Å². The molecule has 0 radical (unpaired) electrons. The van der Waals surface area contributed by atoms with Crippen molar-refractivity contribution >= 4 is 10.0 Å². The van der Waals surface area contributed by atoms with Crippen LogP contribution < -0.4 is 9.46 Å². The predicted molar refractivity (Wildman–Crippen MR) is 62.5 cm³/mol. The van der Waals surface area contributed by atoms with Gasteiger partial charge in [0.2, 0.25) is 10.0 Å². The van der Waals surface area contributed by atoms with E-state index in [0.717, 1.165) is 6.54 Å². The standard InChI is InChI=1S/C11H14N2O3S/c1-13-6-8-10(7-13)16-9-4-2-3-5-11(9)17(14,15)12-8/h2-5,8,10,12H,6-7H2,1H3/t8-,10+/m1/s1. The van der Waals surface area contributed by atoms with Crippen LogP contribution in [0.3, 0.4) is 0 Å². The number of ether oxygens (including phenoxy) is 1. The van der Waals surface area contributed by atoms with E-state index in [1.165, 1.54) is 0 Å². The molecule has 1 fully saturated rings. The first-order valence-corrected chi connectivity index (χ1v) is 7.01. The Morgan fingerprint density at radius 1 is 1.35 bits per heavy atom. The SMILES string of the molecule is CN1C[C@@H]2Oc3ccccc3S(=O)(=O)N[C@@H]2C1. The van der Waals surface area contributed by atoms with Gasteiger partial charge in [-0.05, 0) is 19.2 Å². The lowest BCUT2D eigenvalue weighted by molar-refractivity contribution is 0.190. The molecule has 92 valence electrons. The van der Waals surface area contributed by atoms with Gasteiger partial charge in [-0.3, -0.25) is 0 Å². The highest BCUT2D eigenvalue weighted by Crippen LogP contribution is 2.30. The lowest BCUT2D eigenvalue weighted by Gasteiger charge is -2.15. The van der Waals surface area contributed by atoms with Gasteiger partial charge in [-0.15, -0.1) is 0 Å². The fourth-order valence-corrected chi connectivity index (χ4v) is 3.78. The van der Waals surface area contributed by atoms with Gasteiger partial charge in [-0.2, -0.15) is 0 Å². The Labute approximate surface area is 100 Å². The molecule has 2 atom stereocenters. The van der Waals surface area contributed by atoms with Crippen molar-refractivity contribution < 1.29 is 13.2 Å². The number of nitrogens with zero attached hydrogens (tertiary/aromatic N) is 1. The summed E-state index contributed by atoms with van der Waals surface area (Å²) in [6.45, 7) is 1.42. The van der Waals surface area contributed by atoms with Crippen LogP contribution in [0.2, 0.25) is 0 Å². The highest BCUT2D eigenvalue weighted by Gasteiger charge is 2.39.